The van der Waals surface area contributed by atoms with E-state index in [0.717, 1.165) is 33.2 Å². The minimum atomic E-state index is -1.17. The number of H-pyrrole nitrogens is 1. The molecule has 0 aliphatic heterocycles. The fraction of sp³-hybridized carbons (Fsp3) is 0.311. The van der Waals surface area contributed by atoms with Gasteiger partial charge in [-0.05, 0) is 72.7 Å². The zero-order chi connectivity index (χ0) is 42.9. The van der Waals surface area contributed by atoms with Gasteiger partial charge in [-0.25, -0.2) is 0 Å². The highest BCUT2D eigenvalue weighted by Gasteiger charge is 2.31. The van der Waals surface area contributed by atoms with Crippen molar-refractivity contribution in [3.05, 3.63) is 143 Å². The summed E-state index contributed by atoms with van der Waals surface area (Å²) < 4.78 is 0. The van der Waals surface area contributed by atoms with E-state index >= 15 is 0 Å². The maximum Gasteiger partial charge on any atom is 0.243 e. The fourth-order valence-corrected chi connectivity index (χ4v) is 7.02. The molecule has 0 saturated heterocycles. The number of aromatic amines is 1. The lowest BCUT2D eigenvalue weighted by Crippen LogP contribution is -2.59. The average Bonchev–Trinajstić information content (AvgIpc) is 3.65. The topological polar surface area (TPSA) is 239 Å². The SMILES string of the molecule is NC(=O)C(Cc1c[nH]c2ccccc12)NC(=O)C(CCCNC(N)N)NC(=O)[C@@H](Cc1ccccc1)NC(=O)[C@H](Cc1ccc(Cl)cc1)NC(=O)CCCc1ccccc1. The number of para-hydroxylation sites is 1. The number of benzene rings is 4. The third-order valence-electron chi connectivity index (χ3n) is 10.1. The van der Waals surface area contributed by atoms with Gasteiger partial charge in [0.1, 0.15) is 30.5 Å². The maximum atomic E-state index is 14.3. The van der Waals surface area contributed by atoms with Crippen molar-refractivity contribution in [3.8, 4) is 0 Å². The van der Waals surface area contributed by atoms with Crippen molar-refractivity contribution >= 4 is 52.0 Å². The van der Waals surface area contributed by atoms with E-state index in [-0.39, 0.29) is 38.0 Å². The van der Waals surface area contributed by atoms with Gasteiger partial charge in [-0.3, -0.25) is 29.3 Å². The summed E-state index contributed by atoms with van der Waals surface area (Å²) in [6.45, 7) is 0.327. The smallest absolute Gasteiger partial charge is 0.243 e. The first-order valence-corrected chi connectivity index (χ1v) is 20.4. The molecule has 5 amide bonds. The number of hydrogen-bond acceptors (Lipinski definition) is 8. The Morgan fingerprint density at radius 1 is 0.600 bits per heavy atom. The molecule has 4 aromatic carbocycles. The monoisotopic (exact) mass is 835 g/mol. The Hall–Kier alpha value is -6.06. The summed E-state index contributed by atoms with van der Waals surface area (Å²) in [5.74, 6) is -2.95. The van der Waals surface area contributed by atoms with Crippen LogP contribution >= 0.6 is 11.6 Å². The molecule has 4 atom stereocenters. The van der Waals surface area contributed by atoms with Gasteiger partial charge in [-0.1, -0.05) is 103 Å². The number of hydrogen-bond donors (Lipinski definition) is 9. The highest BCUT2D eigenvalue weighted by Crippen LogP contribution is 2.19. The molecule has 60 heavy (non-hydrogen) atoms. The molecule has 14 nitrogen and oxygen atoms in total. The average molecular weight is 836 g/mol. The normalized spacial score (nSPS) is 13.2. The van der Waals surface area contributed by atoms with Crippen molar-refractivity contribution in [1.82, 2.24) is 31.6 Å². The molecule has 1 heterocycles. The van der Waals surface area contributed by atoms with Crippen LogP contribution in [0.15, 0.2) is 115 Å². The third-order valence-corrected chi connectivity index (χ3v) is 10.3. The number of nitrogens with two attached hydrogens (primary N) is 3. The number of fused-ring (bicyclic) bond motifs is 1. The van der Waals surface area contributed by atoms with Crippen molar-refractivity contribution in [2.75, 3.05) is 6.54 Å². The van der Waals surface area contributed by atoms with E-state index < -0.39 is 54.1 Å². The first kappa shape index (κ1) is 45.0. The summed E-state index contributed by atoms with van der Waals surface area (Å²) in [4.78, 5) is 71.7. The first-order valence-electron chi connectivity index (χ1n) is 20.1. The summed E-state index contributed by atoms with van der Waals surface area (Å²) in [7, 11) is 0. The summed E-state index contributed by atoms with van der Waals surface area (Å²) in [5.41, 5.74) is 21.3. The van der Waals surface area contributed by atoms with Gasteiger partial charge in [0, 0.05) is 47.8 Å². The summed E-state index contributed by atoms with van der Waals surface area (Å²) >= 11 is 6.14. The van der Waals surface area contributed by atoms with E-state index in [0.29, 0.717) is 30.8 Å². The maximum absolute atomic E-state index is 14.3. The molecule has 2 unspecified atom stereocenters. The molecule has 1 aromatic heterocycles. The lowest BCUT2D eigenvalue weighted by molar-refractivity contribution is -0.134. The minimum Gasteiger partial charge on any atom is -0.368 e. The summed E-state index contributed by atoms with van der Waals surface area (Å²) in [5, 5.41) is 15.6. The predicted molar refractivity (Wildman–Crippen MR) is 233 cm³/mol. The van der Waals surface area contributed by atoms with E-state index in [1.165, 1.54) is 0 Å². The first-order chi connectivity index (χ1) is 28.9. The molecule has 316 valence electrons. The zero-order valence-corrected chi connectivity index (χ0v) is 34.1. The Balaban J connectivity index is 1.34. The van der Waals surface area contributed by atoms with Crippen LogP contribution in [0.2, 0.25) is 5.02 Å². The number of aromatic nitrogens is 1. The van der Waals surface area contributed by atoms with Crippen LogP contribution in [-0.2, 0) is 49.7 Å². The van der Waals surface area contributed by atoms with Crippen LogP contribution in [0, 0.1) is 0 Å². The Morgan fingerprint density at radius 3 is 1.80 bits per heavy atom. The molecule has 0 saturated carbocycles. The number of amides is 5. The van der Waals surface area contributed by atoms with Crippen LogP contribution < -0.4 is 43.8 Å². The highest BCUT2D eigenvalue weighted by atomic mass is 35.5. The van der Waals surface area contributed by atoms with Gasteiger partial charge in [0.25, 0.3) is 0 Å². The lowest BCUT2D eigenvalue weighted by atomic mass is 10.0. The molecule has 0 aliphatic carbocycles. The molecule has 15 heteroatoms. The minimum absolute atomic E-state index is 0.0689. The van der Waals surface area contributed by atoms with Crippen molar-refractivity contribution < 1.29 is 24.0 Å². The number of carbonyl (C=O) groups is 5. The second-order valence-corrected chi connectivity index (χ2v) is 15.2. The molecule has 0 bridgehead atoms. The van der Waals surface area contributed by atoms with Crippen molar-refractivity contribution in [3.63, 3.8) is 0 Å². The number of carbonyl (C=O) groups excluding carboxylic acids is 5. The molecule has 0 fully saturated rings. The highest BCUT2D eigenvalue weighted by molar-refractivity contribution is 6.30. The summed E-state index contributed by atoms with van der Waals surface area (Å²) in [6.07, 6.45) is 3.19. The standard InChI is InChI=1S/C45H54ClN9O5/c46-33-22-20-31(21-23-33)26-38(52-40(56)19-9-15-29-11-3-1-4-12-29)43(59)55-39(25-30-13-5-2-6-14-30)44(60)53-36(18-10-24-50-45(48)49)42(58)54-37(41(47)57)27-32-28-51-35-17-8-7-16-34(32)35/h1-8,11-14,16-17,20-23,28,36-39,45,50-51H,9-10,15,18-19,24-27,48-49H2,(H2,47,57)(H,52,56)(H,53,60)(H,54,58)(H,55,59)/t36?,37?,38-,39+/m0/s1. The molecule has 5 aromatic rings. The second kappa shape index (κ2) is 22.9. The largest absolute Gasteiger partial charge is 0.368 e. The third kappa shape index (κ3) is 14.3. The van der Waals surface area contributed by atoms with E-state index in [9.17, 15) is 24.0 Å². The Kier molecular flexibility index (Phi) is 17.2. The Labute approximate surface area is 354 Å². The Morgan fingerprint density at radius 2 is 1.15 bits per heavy atom. The quantitative estimate of drug-likeness (QED) is 0.0350. The van der Waals surface area contributed by atoms with Gasteiger partial charge in [0.2, 0.25) is 29.5 Å². The lowest BCUT2D eigenvalue weighted by Gasteiger charge is -2.26. The van der Waals surface area contributed by atoms with Gasteiger partial charge in [-0.2, -0.15) is 0 Å². The van der Waals surface area contributed by atoms with E-state index in [1.807, 2.05) is 84.9 Å². The summed E-state index contributed by atoms with van der Waals surface area (Å²) in [6, 6.07) is 28.9. The van der Waals surface area contributed by atoms with Gasteiger partial charge < -0.3 is 43.5 Å². The van der Waals surface area contributed by atoms with Crippen LogP contribution in [0.25, 0.3) is 10.9 Å². The molecular formula is C45H54ClN9O5. The number of nitrogens with one attached hydrogen (secondary N) is 6. The van der Waals surface area contributed by atoms with Gasteiger partial charge in [0.05, 0.1) is 0 Å². The van der Waals surface area contributed by atoms with Crippen LogP contribution in [0.4, 0.5) is 0 Å². The fourth-order valence-electron chi connectivity index (χ4n) is 6.89. The van der Waals surface area contributed by atoms with Crippen molar-refractivity contribution in [2.24, 2.45) is 17.2 Å². The van der Waals surface area contributed by atoms with E-state index in [1.54, 1.807) is 30.5 Å². The van der Waals surface area contributed by atoms with Gasteiger partial charge in [-0.15, -0.1) is 0 Å². The van der Waals surface area contributed by atoms with Gasteiger partial charge >= 0.3 is 0 Å². The number of primary amides is 1. The molecule has 0 spiro atoms. The van der Waals surface area contributed by atoms with Crippen LogP contribution in [-0.4, -0.2) is 71.5 Å². The number of rotatable bonds is 23. The predicted octanol–water partition coefficient (Wildman–Crippen LogP) is 2.87. The van der Waals surface area contributed by atoms with Crippen molar-refractivity contribution in [1.29, 1.82) is 0 Å². The molecule has 0 aliphatic rings. The van der Waals surface area contributed by atoms with E-state index in [2.05, 4.69) is 31.6 Å². The van der Waals surface area contributed by atoms with Crippen LogP contribution in [0.5, 0.6) is 0 Å². The van der Waals surface area contributed by atoms with Crippen molar-refractivity contribution in [2.45, 2.75) is 81.8 Å². The molecular weight excluding hydrogens is 782 g/mol. The van der Waals surface area contributed by atoms with Crippen LogP contribution in [0.3, 0.4) is 0 Å². The molecule has 12 N–H and O–H groups in total. The number of aryl methyl sites for hydroxylation is 1. The molecule has 5 rings (SSSR count). The molecule has 0 radical (unpaired) electrons. The zero-order valence-electron chi connectivity index (χ0n) is 33.4. The Bertz CT molecular complexity index is 2170. The van der Waals surface area contributed by atoms with Gasteiger partial charge in [0.15, 0.2) is 0 Å². The second-order valence-electron chi connectivity index (χ2n) is 14.8. The number of halogens is 1. The van der Waals surface area contributed by atoms with E-state index in [4.69, 9.17) is 28.8 Å². The van der Waals surface area contributed by atoms with Crippen LogP contribution in [0.1, 0.15) is 47.9 Å².